The molecule has 1 aromatic heterocycles. The molecular formula is C5F5NS. The van der Waals surface area contributed by atoms with Gasteiger partial charge in [-0.2, -0.15) is 22.5 Å². The van der Waals surface area contributed by atoms with E-state index >= 15 is 0 Å². The van der Waals surface area contributed by atoms with Crippen molar-refractivity contribution in [2.75, 3.05) is 0 Å². The van der Waals surface area contributed by atoms with Gasteiger partial charge in [0.05, 0.1) is 0 Å². The summed E-state index contributed by atoms with van der Waals surface area (Å²) in [5, 5.41) is 0. The van der Waals surface area contributed by atoms with Crippen molar-refractivity contribution in [2.45, 2.75) is 0 Å². The Morgan fingerprint density at radius 2 is 1.00 bits per heavy atom. The molecule has 1 aromatic rings. The minimum absolute atomic E-state index is 0. The second kappa shape index (κ2) is 3.70. The average molecular weight is 201 g/mol. The standard InChI is InChI=1S/C5F5N.S/c6-1-2(7)4(9)11-5(10)3(1)8;. The van der Waals surface area contributed by atoms with Gasteiger partial charge in [-0.05, 0) is 0 Å². The summed E-state index contributed by atoms with van der Waals surface area (Å²) in [6, 6.07) is 0. The van der Waals surface area contributed by atoms with Gasteiger partial charge in [0.1, 0.15) is 0 Å². The van der Waals surface area contributed by atoms with Gasteiger partial charge in [-0.1, -0.05) is 0 Å². The molecule has 0 aromatic carbocycles. The molecule has 1 heterocycles. The monoisotopic (exact) mass is 201 g/mol. The van der Waals surface area contributed by atoms with Crippen LogP contribution in [0.25, 0.3) is 0 Å². The zero-order valence-corrected chi connectivity index (χ0v) is 6.06. The summed E-state index contributed by atoms with van der Waals surface area (Å²) >= 11 is 0. The fourth-order valence-electron chi connectivity index (χ4n) is 0.462. The lowest BCUT2D eigenvalue weighted by Crippen LogP contribution is -2.03. The van der Waals surface area contributed by atoms with Crippen LogP contribution in [0.5, 0.6) is 0 Å². The van der Waals surface area contributed by atoms with Gasteiger partial charge in [-0.15, -0.1) is 0 Å². The van der Waals surface area contributed by atoms with Crippen LogP contribution >= 0.6 is 13.5 Å². The third-order valence-electron chi connectivity index (χ3n) is 0.944. The van der Waals surface area contributed by atoms with E-state index in [0.717, 1.165) is 0 Å². The number of rotatable bonds is 0. The van der Waals surface area contributed by atoms with Gasteiger partial charge in [0, 0.05) is 13.5 Å². The van der Waals surface area contributed by atoms with Crippen LogP contribution in [0.4, 0.5) is 22.0 Å². The first-order chi connectivity index (χ1) is 5.04. The van der Waals surface area contributed by atoms with Crippen molar-refractivity contribution in [1.29, 1.82) is 0 Å². The summed E-state index contributed by atoms with van der Waals surface area (Å²) in [4.78, 5) is 2.11. The van der Waals surface area contributed by atoms with Crippen molar-refractivity contribution >= 4 is 13.5 Å². The minimum Gasteiger partial charge on any atom is -0.200 e. The number of halogens is 5. The number of aromatic nitrogens is 1. The molecule has 0 spiro atoms. The molecule has 0 fully saturated rings. The summed E-state index contributed by atoms with van der Waals surface area (Å²) < 4.78 is 59.7. The Balaban J connectivity index is 0.00000121. The van der Waals surface area contributed by atoms with Crippen molar-refractivity contribution < 1.29 is 22.0 Å². The van der Waals surface area contributed by atoms with Gasteiger partial charge in [0.2, 0.25) is 17.5 Å². The molecular weight excluding hydrogens is 201 g/mol. The Hall–Kier alpha value is -0.850. The zero-order valence-electron chi connectivity index (χ0n) is 5.25. The smallest absolute Gasteiger partial charge is 0.200 e. The highest BCUT2D eigenvalue weighted by molar-refractivity contribution is 7.59. The maximum Gasteiger partial charge on any atom is 0.254 e. The largest absolute Gasteiger partial charge is 0.254 e. The van der Waals surface area contributed by atoms with E-state index in [1.54, 1.807) is 0 Å². The van der Waals surface area contributed by atoms with E-state index in [4.69, 9.17) is 0 Å². The second-order valence-electron chi connectivity index (χ2n) is 1.64. The quantitative estimate of drug-likeness (QED) is 0.464. The average Bonchev–Trinajstić information content (AvgIpc) is 1.97. The van der Waals surface area contributed by atoms with Gasteiger partial charge in [-0.3, -0.25) is 0 Å². The highest BCUT2D eigenvalue weighted by Gasteiger charge is 2.19. The van der Waals surface area contributed by atoms with Crippen LogP contribution in [-0.2, 0) is 0 Å². The Kier molecular flexibility index (Phi) is 3.44. The van der Waals surface area contributed by atoms with Crippen LogP contribution in [0.2, 0.25) is 0 Å². The molecule has 0 saturated heterocycles. The van der Waals surface area contributed by atoms with Crippen molar-refractivity contribution in [3.05, 3.63) is 29.3 Å². The van der Waals surface area contributed by atoms with E-state index in [0.29, 0.717) is 0 Å². The third-order valence-corrected chi connectivity index (χ3v) is 0.944. The molecule has 0 aliphatic rings. The van der Waals surface area contributed by atoms with E-state index < -0.39 is 29.3 Å². The van der Waals surface area contributed by atoms with Crippen LogP contribution < -0.4 is 0 Å². The lowest BCUT2D eigenvalue weighted by molar-refractivity contribution is 0.348. The molecule has 0 unspecified atom stereocenters. The van der Waals surface area contributed by atoms with Crippen molar-refractivity contribution in [3.63, 3.8) is 0 Å². The number of pyridine rings is 1. The second-order valence-corrected chi connectivity index (χ2v) is 1.64. The first kappa shape index (κ1) is 11.2. The van der Waals surface area contributed by atoms with Gasteiger partial charge in [-0.25, -0.2) is 4.39 Å². The molecule has 0 amide bonds. The molecule has 0 atom stereocenters. The minimum atomic E-state index is -2.20. The molecule has 0 N–H and O–H groups in total. The Morgan fingerprint density at radius 1 is 0.667 bits per heavy atom. The van der Waals surface area contributed by atoms with Gasteiger partial charge in [0.15, 0.2) is 0 Å². The van der Waals surface area contributed by atoms with Crippen LogP contribution in [0.1, 0.15) is 0 Å². The van der Waals surface area contributed by atoms with Crippen LogP contribution in [0.15, 0.2) is 0 Å². The fraction of sp³-hybridized carbons (Fsp3) is 0. The molecule has 66 valence electrons. The topological polar surface area (TPSA) is 12.9 Å². The van der Waals surface area contributed by atoms with Crippen LogP contribution in [0, 0.1) is 29.3 Å². The molecule has 1 rings (SSSR count). The fourth-order valence-corrected chi connectivity index (χ4v) is 0.462. The molecule has 0 saturated carbocycles. The predicted octanol–water partition coefficient (Wildman–Crippen LogP) is 2.43. The SMILES string of the molecule is Fc1nc(F)c(F)c(F)c1F.[S]. The van der Waals surface area contributed by atoms with E-state index in [2.05, 4.69) is 4.98 Å². The van der Waals surface area contributed by atoms with Gasteiger partial charge in [0.25, 0.3) is 11.9 Å². The summed E-state index contributed by atoms with van der Waals surface area (Å²) in [5.41, 5.74) is 0. The van der Waals surface area contributed by atoms with Crippen molar-refractivity contribution in [2.24, 2.45) is 0 Å². The van der Waals surface area contributed by atoms with E-state index in [1.807, 2.05) is 0 Å². The molecule has 2 radical (unpaired) electrons. The molecule has 1 nitrogen and oxygen atoms in total. The maximum atomic E-state index is 12.0. The number of hydrogen-bond donors (Lipinski definition) is 0. The highest BCUT2D eigenvalue weighted by atomic mass is 32.1. The molecule has 0 aliphatic heterocycles. The van der Waals surface area contributed by atoms with Crippen molar-refractivity contribution in [1.82, 2.24) is 4.98 Å². The molecule has 0 bridgehead atoms. The highest BCUT2D eigenvalue weighted by Crippen LogP contribution is 2.13. The Labute approximate surface area is 70.7 Å². The zero-order chi connectivity index (χ0) is 8.59. The normalized spacial score (nSPS) is 9.42. The van der Waals surface area contributed by atoms with E-state index in [-0.39, 0.29) is 13.5 Å². The van der Waals surface area contributed by atoms with E-state index in [1.165, 1.54) is 0 Å². The summed E-state index contributed by atoms with van der Waals surface area (Å²) in [6.45, 7) is 0. The Bertz CT molecular complexity index is 276. The third kappa shape index (κ3) is 1.66. The first-order valence-electron chi connectivity index (χ1n) is 2.39. The Morgan fingerprint density at radius 3 is 1.33 bits per heavy atom. The summed E-state index contributed by atoms with van der Waals surface area (Å²) in [7, 11) is 0. The number of hydrogen-bond acceptors (Lipinski definition) is 1. The molecule has 12 heavy (non-hydrogen) atoms. The number of nitrogens with zero attached hydrogens (tertiary/aromatic N) is 1. The summed E-state index contributed by atoms with van der Waals surface area (Å²) in [5.74, 6) is -10.4. The van der Waals surface area contributed by atoms with Gasteiger partial charge >= 0.3 is 0 Å². The maximum absolute atomic E-state index is 12.0. The lowest BCUT2D eigenvalue weighted by Gasteiger charge is -1.95. The van der Waals surface area contributed by atoms with E-state index in [9.17, 15) is 22.0 Å². The van der Waals surface area contributed by atoms with Crippen LogP contribution in [-0.4, -0.2) is 4.98 Å². The lowest BCUT2D eigenvalue weighted by atomic mass is 10.4. The predicted molar refractivity (Wildman–Crippen MR) is 31.6 cm³/mol. The summed E-state index contributed by atoms with van der Waals surface area (Å²) in [6.07, 6.45) is 0. The molecule has 0 aliphatic carbocycles. The van der Waals surface area contributed by atoms with Crippen LogP contribution in [0.3, 0.4) is 0 Å². The molecule has 7 heteroatoms. The van der Waals surface area contributed by atoms with Crippen molar-refractivity contribution in [3.8, 4) is 0 Å². The first-order valence-corrected chi connectivity index (χ1v) is 2.39. The van der Waals surface area contributed by atoms with Gasteiger partial charge < -0.3 is 0 Å².